The largest absolute Gasteiger partial charge is 0.388 e. The Bertz CT molecular complexity index is 562. The maximum atomic E-state index is 14.0. The molecule has 0 saturated carbocycles. The summed E-state index contributed by atoms with van der Waals surface area (Å²) in [6.45, 7) is 0. The number of aliphatic hydroxyl groups is 1. The van der Waals surface area contributed by atoms with Crippen molar-refractivity contribution in [3.63, 3.8) is 0 Å². The molecule has 88 valence electrons. The van der Waals surface area contributed by atoms with Crippen molar-refractivity contribution in [2.75, 3.05) is 0 Å². The first-order chi connectivity index (χ1) is 8.27. The molecule has 3 rings (SSSR count). The van der Waals surface area contributed by atoms with E-state index in [2.05, 4.69) is 0 Å². The third kappa shape index (κ3) is 1.73. The summed E-state index contributed by atoms with van der Waals surface area (Å²) in [6.07, 6.45) is 3.25. The summed E-state index contributed by atoms with van der Waals surface area (Å²) >= 11 is 0. The van der Waals surface area contributed by atoms with Gasteiger partial charge in [0.2, 0.25) is 0 Å². The summed E-state index contributed by atoms with van der Waals surface area (Å²) in [6, 6.07) is 9.06. The Balaban J connectivity index is 2.34. The van der Waals surface area contributed by atoms with Gasteiger partial charge < -0.3 is 5.11 Å². The van der Waals surface area contributed by atoms with Crippen LogP contribution in [0.4, 0.5) is 4.39 Å². The molecule has 0 fully saturated rings. The number of hydrogen-bond donors (Lipinski definition) is 1. The summed E-state index contributed by atoms with van der Waals surface area (Å²) in [5.41, 5.74) is 1.92. The number of rotatable bonds is 0. The van der Waals surface area contributed by atoms with E-state index >= 15 is 0 Å². The average Bonchev–Trinajstić information content (AvgIpc) is 2.53. The topological polar surface area (TPSA) is 20.2 Å². The first-order valence-electron chi connectivity index (χ1n) is 6.15. The van der Waals surface area contributed by atoms with Gasteiger partial charge in [0, 0.05) is 5.39 Å². The SMILES string of the molecule is O[C@H]1CCCCc2c1cc(F)c1ccccc21. The highest BCUT2D eigenvalue weighted by Crippen LogP contribution is 2.34. The molecule has 1 aliphatic rings. The Labute approximate surface area is 99.9 Å². The van der Waals surface area contributed by atoms with E-state index in [1.54, 1.807) is 0 Å². The lowest BCUT2D eigenvalue weighted by molar-refractivity contribution is 0.166. The third-order valence-corrected chi connectivity index (χ3v) is 3.65. The van der Waals surface area contributed by atoms with Crippen molar-refractivity contribution < 1.29 is 9.50 Å². The van der Waals surface area contributed by atoms with E-state index in [-0.39, 0.29) is 5.82 Å². The van der Waals surface area contributed by atoms with E-state index in [1.807, 2.05) is 24.3 Å². The van der Waals surface area contributed by atoms with Crippen molar-refractivity contribution in [1.82, 2.24) is 0 Å². The van der Waals surface area contributed by atoms with Gasteiger partial charge in [-0.2, -0.15) is 0 Å². The second kappa shape index (κ2) is 4.11. The van der Waals surface area contributed by atoms with Crippen molar-refractivity contribution in [1.29, 1.82) is 0 Å². The van der Waals surface area contributed by atoms with Gasteiger partial charge in [0.15, 0.2) is 0 Å². The van der Waals surface area contributed by atoms with Gasteiger partial charge in [0.25, 0.3) is 0 Å². The minimum atomic E-state index is -0.508. The first-order valence-corrected chi connectivity index (χ1v) is 6.15. The van der Waals surface area contributed by atoms with Gasteiger partial charge in [-0.05, 0) is 41.8 Å². The number of halogens is 1. The van der Waals surface area contributed by atoms with E-state index in [4.69, 9.17) is 0 Å². The molecule has 1 nitrogen and oxygen atoms in total. The van der Waals surface area contributed by atoms with E-state index in [9.17, 15) is 9.50 Å². The lowest BCUT2D eigenvalue weighted by atomic mass is 9.94. The van der Waals surface area contributed by atoms with Crippen molar-refractivity contribution in [2.45, 2.75) is 31.8 Å². The Morgan fingerprint density at radius 2 is 1.88 bits per heavy atom. The Morgan fingerprint density at radius 3 is 2.71 bits per heavy atom. The van der Waals surface area contributed by atoms with Gasteiger partial charge in [-0.15, -0.1) is 0 Å². The lowest BCUT2D eigenvalue weighted by Crippen LogP contribution is -2.01. The van der Waals surface area contributed by atoms with Gasteiger partial charge in [0.05, 0.1) is 6.10 Å². The molecular formula is C15H15FO. The van der Waals surface area contributed by atoms with Crippen molar-refractivity contribution >= 4 is 10.8 Å². The molecule has 0 amide bonds. The van der Waals surface area contributed by atoms with Gasteiger partial charge in [0.1, 0.15) is 5.82 Å². The number of fused-ring (bicyclic) bond motifs is 3. The minimum Gasteiger partial charge on any atom is -0.388 e. The molecule has 1 N–H and O–H groups in total. The molecule has 1 atom stereocenters. The molecule has 17 heavy (non-hydrogen) atoms. The van der Waals surface area contributed by atoms with Crippen LogP contribution in [0.5, 0.6) is 0 Å². The molecule has 1 aliphatic carbocycles. The highest BCUT2D eigenvalue weighted by atomic mass is 19.1. The number of benzene rings is 2. The van der Waals surface area contributed by atoms with Gasteiger partial charge in [-0.1, -0.05) is 30.7 Å². The molecule has 2 aromatic carbocycles. The smallest absolute Gasteiger partial charge is 0.131 e. The molecule has 2 heteroatoms. The zero-order chi connectivity index (χ0) is 11.8. The molecule has 0 aromatic heterocycles. The van der Waals surface area contributed by atoms with Crippen LogP contribution in [0.3, 0.4) is 0 Å². The maximum Gasteiger partial charge on any atom is 0.131 e. The van der Waals surface area contributed by atoms with Crippen molar-refractivity contribution in [3.8, 4) is 0 Å². The summed E-state index contributed by atoms with van der Waals surface area (Å²) in [4.78, 5) is 0. The predicted octanol–water partition coefficient (Wildman–Crippen LogP) is 3.74. The van der Waals surface area contributed by atoms with Crippen LogP contribution in [0.25, 0.3) is 10.8 Å². The monoisotopic (exact) mass is 230 g/mol. The van der Waals surface area contributed by atoms with Crippen LogP contribution in [0.15, 0.2) is 30.3 Å². The fourth-order valence-electron chi connectivity index (χ4n) is 2.78. The van der Waals surface area contributed by atoms with Gasteiger partial charge in [-0.3, -0.25) is 0 Å². The molecular weight excluding hydrogens is 215 g/mol. The normalized spacial score (nSPS) is 20.0. The van der Waals surface area contributed by atoms with Crippen LogP contribution in [-0.2, 0) is 6.42 Å². The Kier molecular flexibility index (Phi) is 2.60. The minimum absolute atomic E-state index is 0.222. The van der Waals surface area contributed by atoms with Gasteiger partial charge in [-0.25, -0.2) is 4.39 Å². The second-order valence-corrected chi connectivity index (χ2v) is 4.73. The standard InChI is InChI=1S/C15H15FO/c16-14-9-13-11(6-3-4-8-15(13)17)10-5-1-2-7-12(10)14/h1-2,5,7,9,15,17H,3-4,6,8H2/t15-/m0/s1. The highest BCUT2D eigenvalue weighted by molar-refractivity contribution is 5.87. The number of aliphatic hydroxyl groups excluding tert-OH is 1. The molecule has 0 bridgehead atoms. The number of aryl methyl sites for hydroxylation is 1. The summed E-state index contributed by atoms with van der Waals surface area (Å²) in [7, 11) is 0. The Morgan fingerprint density at radius 1 is 1.12 bits per heavy atom. The van der Waals surface area contributed by atoms with Crippen LogP contribution in [-0.4, -0.2) is 5.11 Å². The van der Waals surface area contributed by atoms with Crippen LogP contribution in [0.2, 0.25) is 0 Å². The third-order valence-electron chi connectivity index (χ3n) is 3.65. The molecule has 2 aromatic rings. The second-order valence-electron chi connectivity index (χ2n) is 4.73. The number of hydrogen-bond acceptors (Lipinski definition) is 1. The summed E-state index contributed by atoms with van der Waals surface area (Å²) in [5, 5.41) is 11.7. The zero-order valence-electron chi connectivity index (χ0n) is 9.62. The Hall–Kier alpha value is -1.41. The lowest BCUT2D eigenvalue weighted by Gasteiger charge is -2.14. The van der Waals surface area contributed by atoms with E-state index in [0.717, 1.165) is 42.2 Å². The fourth-order valence-corrected chi connectivity index (χ4v) is 2.78. The van der Waals surface area contributed by atoms with Crippen LogP contribution in [0, 0.1) is 5.82 Å². The molecule has 0 heterocycles. The van der Waals surface area contributed by atoms with Crippen molar-refractivity contribution in [3.05, 3.63) is 47.3 Å². The molecule has 0 spiro atoms. The molecule has 0 radical (unpaired) electrons. The molecule has 0 aliphatic heterocycles. The van der Waals surface area contributed by atoms with Crippen molar-refractivity contribution in [2.24, 2.45) is 0 Å². The van der Waals surface area contributed by atoms with E-state index in [0.29, 0.717) is 5.39 Å². The van der Waals surface area contributed by atoms with Gasteiger partial charge >= 0.3 is 0 Å². The van der Waals surface area contributed by atoms with Crippen LogP contribution in [0.1, 0.15) is 36.5 Å². The summed E-state index contributed by atoms with van der Waals surface area (Å²) < 4.78 is 14.0. The fraction of sp³-hybridized carbons (Fsp3) is 0.333. The van der Waals surface area contributed by atoms with E-state index < -0.39 is 6.10 Å². The van der Waals surface area contributed by atoms with E-state index in [1.165, 1.54) is 6.07 Å². The quantitative estimate of drug-likeness (QED) is 0.683. The average molecular weight is 230 g/mol. The van der Waals surface area contributed by atoms with Crippen LogP contribution >= 0.6 is 0 Å². The first kappa shape index (κ1) is 10.7. The molecule has 0 unspecified atom stereocenters. The predicted molar refractivity (Wildman–Crippen MR) is 66.4 cm³/mol. The maximum absolute atomic E-state index is 14.0. The molecule has 0 saturated heterocycles. The highest BCUT2D eigenvalue weighted by Gasteiger charge is 2.20. The zero-order valence-corrected chi connectivity index (χ0v) is 9.62. The van der Waals surface area contributed by atoms with Crippen LogP contribution < -0.4 is 0 Å². The summed E-state index contributed by atoms with van der Waals surface area (Å²) in [5.74, 6) is -0.222.